The van der Waals surface area contributed by atoms with Crippen LogP contribution >= 0.6 is 0 Å². The highest BCUT2D eigenvalue weighted by Crippen LogP contribution is 2.21. The van der Waals surface area contributed by atoms with Gasteiger partial charge in [0.25, 0.3) is 0 Å². The molecule has 0 aromatic rings. The predicted molar refractivity (Wildman–Crippen MR) is 82.8 cm³/mol. The molecule has 0 saturated carbocycles. The zero-order chi connectivity index (χ0) is 14.8. The number of methoxy groups -OCH3 is 1. The van der Waals surface area contributed by atoms with E-state index in [1.807, 2.05) is 0 Å². The monoisotopic (exact) mass is 284 g/mol. The molecular weight excluding hydrogens is 252 g/mol. The topological polar surface area (TPSA) is 41.6 Å². The van der Waals surface area contributed by atoms with Crippen LogP contribution in [0.3, 0.4) is 0 Å². The number of nitrogens with zero attached hydrogens (tertiary/aromatic N) is 1. The SMILES string of the molecule is CCCNC(CCN1CCC(CCC)CC1)C(=O)OC. The lowest BCUT2D eigenvalue weighted by Crippen LogP contribution is -2.42. The van der Waals surface area contributed by atoms with Gasteiger partial charge < -0.3 is 15.0 Å². The first-order valence-corrected chi connectivity index (χ1v) is 8.24. The Kier molecular flexibility index (Phi) is 8.86. The maximum absolute atomic E-state index is 11.7. The van der Waals surface area contributed by atoms with Gasteiger partial charge in [0.05, 0.1) is 7.11 Å². The maximum atomic E-state index is 11.7. The molecular formula is C16H32N2O2. The molecule has 1 unspecified atom stereocenters. The lowest BCUT2D eigenvalue weighted by atomic mass is 9.92. The summed E-state index contributed by atoms with van der Waals surface area (Å²) in [5.41, 5.74) is 0. The van der Waals surface area contributed by atoms with Gasteiger partial charge in [0, 0.05) is 6.54 Å². The zero-order valence-electron chi connectivity index (χ0n) is 13.5. The van der Waals surface area contributed by atoms with Crippen molar-refractivity contribution in [3.8, 4) is 0 Å². The number of hydrogen-bond donors (Lipinski definition) is 1. The normalized spacial score (nSPS) is 18.9. The molecule has 1 saturated heterocycles. The molecule has 4 heteroatoms. The number of carbonyl (C=O) groups excluding carboxylic acids is 1. The second-order valence-electron chi connectivity index (χ2n) is 5.89. The van der Waals surface area contributed by atoms with Crippen molar-refractivity contribution < 1.29 is 9.53 Å². The van der Waals surface area contributed by atoms with Crippen LogP contribution in [0.5, 0.6) is 0 Å². The van der Waals surface area contributed by atoms with Gasteiger partial charge in [0.1, 0.15) is 6.04 Å². The van der Waals surface area contributed by atoms with E-state index in [0.717, 1.165) is 31.8 Å². The van der Waals surface area contributed by atoms with Crippen LogP contribution in [0.2, 0.25) is 0 Å². The Bertz CT molecular complexity index is 263. The Labute approximate surface area is 124 Å². The molecule has 0 aromatic heterocycles. The van der Waals surface area contributed by atoms with Crippen LogP contribution in [-0.2, 0) is 9.53 Å². The predicted octanol–water partition coefficient (Wildman–Crippen LogP) is 2.43. The van der Waals surface area contributed by atoms with Gasteiger partial charge in [-0.05, 0) is 51.2 Å². The lowest BCUT2D eigenvalue weighted by molar-refractivity contribution is -0.143. The van der Waals surface area contributed by atoms with Gasteiger partial charge in [0.2, 0.25) is 0 Å². The van der Waals surface area contributed by atoms with Crippen molar-refractivity contribution in [2.45, 2.75) is 58.4 Å². The van der Waals surface area contributed by atoms with E-state index in [1.165, 1.54) is 45.9 Å². The summed E-state index contributed by atoms with van der Waals surface area (Å²) in [5, 5.41) is 3.29. The van der Waals surface area contributed by atoms with Gasteiger partial charge in [-0.25, -0.2) is 0 Å². The van der Waals surface area contributed by atoms with E-state index >= 15 is 0 Å². The number of likely N-dealkylation sites (tertiary alicyclic amines) is 1. The number of hydrogen-bond acceptors (Lipinski definition) is 4. The van der Waals surface area contributed by atoms with Crippen LogP contribution in [0, 0.1) is 5.92 Å². The van der Waals surface area contributed by atoms with E-state index in [1.54, 1.807) is 0 Å². The summed E-state index contributed by atoms with van der Waals surface area (Å²) in [6.45, 7) is 8.62. The fourth-order valence-corrected chi connectivity index (χ4v) is 2.98. The van der Waals surface area contributed by atoms with Crippen molar-refractivity contribution in [3.05, 3.63) is 0 Å². The molecule has 1 aliphatic rings. The van der Waals surface area contributed by atoms with E-state index in [-0.39, 0.29) is 12.0 Å². The molecule has 0 bridgehead atoms. The molecule has 4 nitrogen and oxygen atoms in total. The van der Waals surface area contributed by atoms with Gasteiger partial charge >= 0.3 is 5.97 Å². The standard InChI is InChI=1S/C16H32N2O2/c1-4-6-14-7-11-18(12-8-14)13-9-15(16(19)20-3)17-10-5-2/h14-15,17H,4-13H2,1-3H3. The second-order valence-corrected chi connectivity index (χ2v) is 5.89. The van der Waals surface area contributed by atoms with Crippen molar-refractivity contribution >= 4 is 5.97 Å². The Morgan fingerprint density at radius 3 is 2.55 bits per heavy atom. The van der Waals surface area contributed by atoms with E-state index in [2.05, 4.69) is 24.1 Å². The molecule has 1 fully saturated rings. The average Bonchev–Trinajstić information content (AvgIpc) is 2.48. The fraction of sp³-hybridized carbons (Fsp3) is 0.938. The summed E-state index contributed by atoms with van der Waals surface area (Å²) in [7, 11) is 1.47. The molecule has 0 spiro atoms. The lowest BCUT2D eigenvalue weighted by Gasteiger charge is -2.32. The summed E-state index contributed by atoms with van der Waals surface area (Å²) in [4.78, 5) is 14.2. The minimum absolute atomic E-state index is 0.126. The number of rotatable bonds is 9. The van der Waals surface area contributed by atoms with Crippen LogP contribution < -0.4 is 5.32 Å². The number of piperidine rings is 1. The summed E-state index contributed by atoms with van der Waals surface area (Å²) in [5.74, 6) is 0.796. The molecule has 0 radical (unpaired) electrons. The largest absolute Gasteiger partial charge is 0.468 e. The van der Waals surface area contributed by atoms with Gasteiger partial charge in [-0.15, -0.1) is 0 Å². The number of esters is 1. The van der Waals surface area contributed by atoms with Crippen molar-refractivity contribution in [2.75, 3.05) is 33.3 Å². The smallest absolute Gasteiger partial charge is 0.322 e. The molecule has 118 valence electrons. The summed E-state index contributed by atoms with van der Waals surface area (Å²) in [6.07, 6.45) is 7.20. The Morgan fingerprint density at radius 2 is 2.00 bits per heavy atom. The molecule has 0 aliphatic carbocycles. The molecule has 1 rings (SSSR count). The number of carbonyl (C=O) groups is 1. The van der Waals surface area contributed by atoms with E-state index in [9.17, 15) is 4.79 Å². The maximum Gasteiger partial charge on any atom is 0.322 e. The number of nitrogens with one attached hydrogen (secondary N) is 1. The van der Waals surface area contributed by atoms with Crippen LogP contribution in [0.1, 0.15) is 52.4 Å². The first-order valence-electron chi connectivity index (χ1n) is 8.24. The first kappa shape index (κ1) is 17.4. The highest BCUT2D eigenvalue weighted by molar-refractivity contribution is 5.75. The van der Waals surface area contributed by atoms with Crippen molar-refractivity contribution in [2.24, 2.45) is 5.92 Å². The average molecular weight is 284 g/mol. The molecule has 1 heterocycles. The third-order valence-corrected chi connectivity index (χ3v) is 4.26. The van der Waals surface area contributed by atoms with Gasteiger partial charge in [-0.1, -0.05) is 26.7 Å². The van der Waals surface area contributed by atoms with Gasteiger partial charge in [-0.2, -0.15) is 0 Å². The minimum Gasteiger partial charge on any atom is -0.468 e. The summed E-state index contributed by atoms with van der Waals surface area (Å²) in [6, 6.07) is -0.145. The van der Waals surface area contributed by atoms with E-state index < -0.39 is 0 Å². The third-order valence-electron chi connectivity index (χ3n) is 4.26. The van der Waals surface area contributed by atoms with Crippen LogP contribution in [0.15, 0.2) is 0 Å². The van der Waals surface area contributed by atoms with Crippen LogP contribution in [-0.4, -0.2) is 50.2 Å². The Balaban J connectivity index is 2.27. The molecule has 20 heavy (non-hydrogen) atoms. The Morgan fingerprint density at radius 1 is 1.30 bits per heavy atom. The van der Waals surface area contributed by atoms with Crippen molar-refractivity contribution in [3.63, 3.8) is 0 Å². The third kappa shape index (κ3) is 6.23. The van der Waals surface area contributed by atoms with Crippen LogP contribution in [0.25, 0.3) is 0 Å². The van der Waals surface area contributed by atoms with Crippen molar-refractivity contribution in [1.82, 2.24) is 10.2 Å². The molecule has 0 amide bonds. The van der Waals surface area contributed by atoms with Gasteiger partial charge in [0.15, 0.2) is 0 Å². The highest BCUT2D eigenvalue weighted by atomic mass is 16.5. The quantitative estimate of drug-likeness (QED) is 0.660. The van der Waals surface area contributed by atoms with Crippen molar-refractivity contribution in [1.29, 1.82) is 0 Å². The van der Waals surface area contributed by atoms with E-state index in [0.29, 0.717) is 0 Å². The molecule has 0 aromatic carbocycles. The summed E-state index contributed by atoms with van der Waals surface area (Å²) >= 11 is 0. The van der Waals surface area contributed by atoms with E-state index in [4.69, 9.17) is 4.74 Å². The fourth-order valence-electron chi connectivity index (χ4n) is 2.98. The molecule has 1 aliphatic heterocycles. The molecule has 1 N–H and O–H groups in total. The number of ether oxygens (including phenoxy) is 1. The van der Waals surface area contributed by atoms with Gasteiger partial charge in [-0.3, -0.25) is 4.79 Å². The zero-order valence-corrected chi connectivity index (χ0v) is 13.5. The van der Waals surface area contributed by atoms with Crippen LogP contribution in [0.4, 0.5) is 0 Å². The second kappa shape index (κ2) is 10.2. The first-order chi connectivity index (χ1) is 9.71. The molecule has 1 atom stereocenters. The summed E-state index contributed by atoms with van der Waals surface area (Å²) < 4.78 is 4.88. The highest BCUT2D eigenvalue weighted by Gasteiger charge is 2.22. The minimum atomic E-state index is -0.145. The Hall–Kier alpha value is -0.610.